The van der Waals surface area contributed by atoms with Crippen molar-refractivity contribution in [2.75, 3.05) is 6.61 Å². The number of hydrogen-bond donors (Lipinski definition) is 0. The summed E-state index contributed by atoms with van der Waals surface area (Å²) in [5.74, 6) is 4.09. The van der Waals surface area contributed by atoms with Gasteiger partial charge in [-0.3, -0.25) is 0 Å². The van der Waals surface area contributed by atoms with Gasteiger partial charge in [-0.25, -0.2) is 4.79 Å². The molecule has 0 saturated heterocycles. The molecule has 0 N–H and O–H groups in total. The fourth-order valence-electron chi connectivity index (χ4n) is 4.61. The maximum atomic E-state index is 11.5. The summed E-state index contributed by atoms with van der Waals surface area (Å²) >= 11 is 0. The lowest BCUT2D eigenvalue weighted by Gasteiger charge is -2.54. The molecule has 94 valence electrons. The van der Waals surface area contributed by atoms with E-state index in [0.29, 0.717) is 18.1 Å². The van der Waals surface area contributed by atoms with Gasteiger partial charge in [0.25, 0.3) is 0 Å². The van der Waals surface area contributed by atoms with E-state index in [1.54, 1.807) is 6.92 Å². The smallest absolute Gasteiger partial charge is 0.333 e. The van der Waals surface area contributed by atoms with Crippen LogP contribution in [-0.4, -0.2) is 12.6 Å². The first kappa shape index (κ1) is 11.3. The van der Waals surface area contributed by atoms with Crippen LogP contribution in [0.25, 0.3) is 0 Å². The Balaban J connectivity index is 1.61. The lowest BCUT2D eigenvalue weighted by Crippen LogP contribution is -2.46. The molecule has 2 nitrogen and oxygen atoms in total. The maximum absolute atomic E-state index is 11.5. The Morgan fingerprint density at radius 2 is 1.65 bits per heavy atom. The van der Waals surface area contributed by atoms with Gasteiger partial charge in [-0.15, -0.1) is 0 Å². The van der Waals surface area contributed by atoms with Crippen molar-refractivity contribution in [2.45, 2.75) is 39.0 Å². The average molecular weight is 234 g/mol. The van der Waals surface area contributed by atoms with Gasteiger partial charge < -0.3 is 4.74 Å². The van der Waals surface area contributed by atoms with Gasteiger partial charge in [0.15, 0.2) is 0 Å². The van der Waals surface area contributed by atoms with Crippen LogP contribution in [0.2, 0.25) is 0 Å². The Bertz CT molecular complexity index is 317. The van der Waals surface area contributed by atoms with E-state index in [2.05, 4.69) is 6.58 Å². The van der Waals surface area contributed by atoms with Gasteiger partial charge in [0, 0.05) is 5.57 Å². The number of rotatable bonds is 3. The van der Waals surface area contributed by atoms with E-state index in [4.69, 9.17) is 4.74 Å². The van der Waals surface area contributed by atoms with Crippen LogP contribution in [-0.2, 0) is 9.53 Å². The van der Waals surface area contributed by atoms with Crippen LogP contribution in [0, 0.1) is 29.6 Å². The van der Waals surface area contributed by atoms with Crippen molar-refractivity contribution in [1.29, 1.82) is 0 Å². The number of carbonyl (C=O) groups is 1. The highest BCUT2D eigenvalue weighted by Crippen LogP contribution is 2.56. The topological polar surface area (TPSA) is 26.3 Å². The van der Waals surface area contributed by atoms with Crippen molar-refractivity contribution in [2.24, 2.45) is 29.6 Å². The van der Waals surface area contributed by atoms with Crippen molar-refractivity contribution in [3.05, 3.63) is 12.2 Å². The second kappa shape index (κ2) is 4.15. The van der Waals surface area contributed by atoms with E-state index in [9.17, 15) is 4.79 Å². The largest absolute Gasteiger partial charge is 0.462 e. The normalized spacial score (nSPS) is 42.5. The summed E-state index contributed by atoms with van der Waals surface area (Å²) in [7, 11) is 0. The second-order valence-electron chi connectivity index (χ2n) is 6.47. The second-order valence-corrected chi connectivity index (χ2v) is 6.47. The standard InChI is InChI=1S/C15H22O2/c1-9(2)15(16)17-8-14-12-4-10-3-11(6-12)7-13(14)5-10/h10-14H,1,3-8H2,2H3. The molecule has 4 rings (SSSR count). The highest BCUT2D eigenvalue weighted by Gasteiger charge is 2.48. The molecule has 0 spiro atoms. The molecule has 0 aromatic rings. The molecule has 4 fully saturated rings. The minimum Gasteiger partial charge on any atom is -0.462 e. The minimum atomic E-state index is -0.209. The molecule has 0 radical (unpaired) electrons. The van der Waals surface area contributed by atoms with E-state index in [1.807, 2.05) is 0 Å². The highest BCUT2D eigenvalue weighted by molar-refractivity contribution is 5.86. The van der Waals surface area contributed by atoms with E-state index < -0.39 is 0 Å². The molecular formula is C15H22O2. The first-order valence-corrected chi connectivity index (χ1v) is 6.96. The first-order chi connectivity index (χ1) is 8.13. The molecular weight excluding hydrogens is 212 g/mol. The van der Waals surface area contributed by atoms with Crippen LogP contribution >= 0.6 is 0 Å². The molecule has 4 aliphatic rings. The summed E-state index contributed by atoms with van der Waals surface area (Å²) in [6.45, 7) is 6.00. The summed E-state index contributed by atoms with van der Waals surface area (Å²) in [4.78, 5) is 11.5. The Labute approximate surface area is 103 Å². The van der Waals surface area contributed by atoms with Crippen LogP contribution in [0.5, 0.6) is 0 Å². The molecule has 4 aliphatic carbocycles. The zero-order valence-electron chi connectivity index (χ0n) is 10.7. The molecule has 0 aliphatic heterocycles. The molecule has 4 bridgehead atoms. The van der Waals surface area contributed by atoms with Gasteiger partial charge in [0.1, 0.15) is 0 Å². The third kappa shape index (κ3) is 2.02. The van der Waals surface area contributed by atoms with Gasteiger partial charge >= 0.3 is 5.97 Å². The van der Waals surface area contributed by atoms with Gasteiger partial charge in [-0.05, 0) is 68.6 Å². The van der Waals surface area contributed by atoms with Crippen LogP contribution in [0.1, 0.15) is 39.0 Å². The van der Waals surface area contributed by atoms with Crippen LogP contribution in [0.3, 0.4) is 0 Å². The summed E-state index contributed by atoms with van der Waals surface area (Å²) in [5.41, 5.74) is 0.522. The van der Waals surface area contributed by atoms with Crippen LogP contribution in [0.4, 0.5) is 0 Å². The van der Waals surface area contributed by atoms with Crippen LogP contribution in [0.15, 0.2) is 12.2 Å². The molecule has 4 saturated carbocycles. The predicted octanol–water partition coefficient (Wildman–Crippen LogP) is 3.18. The Kier molecular flexibility index (Phi) is 2.76. The molecule has 0 amide bonds. The predicted molar refractivity (Wildman–Crippen MR) is 66.3 cm³/mol. The minimum absolute atomic E-state index is 0.209. The first-order valence-electron chi connectivity index (χ1n) is 6.96. The van der Waals surface area contributed by atoms with Crippen molar-refractivity contribution in [3.8, 4) is 0 Å². The zero-order valence-corrected chi connectivity index (χ0v) is 10.7. The van der Waals surface area contributed by atoms with Gasteiger partial charge in [0.2, 0.25) is 0 Å². The molecule has 0 heterocycles. The third-order valence-corrected chi connectivity index (χ3v) is 5.18. The van der Waals surface area contributed by atoms with E-state index in [0.717, 1.165) is 23.7 Å². The number of carbonyl (C=O) groups excluding carboxylic acids is 1. The Morgan fingerprint density at radius 3 is 2.12 bits per heavy atom. The van der Waals surface area contributed by atoms with E-state index in [1.165, 1.54) is 32.1 Å². The van der Waals surface area contributed by atoms with Crippen molar-refractivity contribution in [3.63, 3.8) is 0 Å². The Hall–Kier alpha value is -0.790. The summed E-state index contributed by atoms with van der Waals surface area (Å²) < 4.78 is 5.39. The zero-order chi connectivity index (χ0) is 12.0. The maximum Gasteiger partial charge on any atom is 0.333 e. The molecule has 0 aromatic carbocycles. The fraction of sp³-hybridized carbons (Fsp3) is 0.800. The van der Waals surface area contributed by atoms with Gasteiger partial charge in [-0.1, -0.05) is 6.58 Å². The van der Waals surface area contributed by atoms with E-state index >= 15 is 0 Å². The monoisotopic (exact) mass is 234 g/mol. The summed E-state index contributed by atoms with van der Waals surface area (Å²) in [5, 5.41) is 0. The Morgan fingerprint density at radius 1 is 1.12 bits per heavy atom. The molecule has 17 heavy (non-hydrogen) atoms. The number of hydrogen-bond acceptors (Lipinski definition) is 2. The number of esters is 1. The fourth-order valence-corrected chi connectivity index (χ4v) is 4.61. The average Bonchev–Trinajstić information content (AvgIpc) is 2.26. The van der Waals surface area contributed by atoms with Crippen molar-refractivity contribution in [1.82, 2.24) is 0 Å². The van der Waals surface area contributed by atoms with Crippen LogP contribution < -0.4 is 0 Å². The SMILES string of the molecule is C=C(C)C(=O)OCC1C2CC3CC(C2)CC1C3. The lowest BCUT2D eigenvalue weighted by atomic mass is 9.52. The molecule has 0 atom stereocenters. The lowest BCUT2D eigenvalue weighted by molar-refractivity contribution is -0.145. The molecule has 2 heteroatoms. The quantitative estimate of drug-likeness (QED) is 0.554. The number of ether oxygens (including phenoxy) is 1. The summed E-state index contributed by atoms with van der Waals surface area (Å²) in [6.07, 6.45) is 7.04. The van der Waals surface area contributed by atoms with Gasteiger partial charge in [0.05, 0.1) is 6.61 Å². The molecule has 0 aromatic heterocycles. The highest BCUT2D eigenvalue weighted by atomic mass is 16.5. The third-order valence-electron chi connectivity index (χ3n) is 5.18. The van der Waals surface area contributed by atoms with Crippen molar-refractivity contribution >= 4 is 5.97 Å². The van der Waals surface area contributed by atoms with Crippen molar-refractivity contribution < 1.29 is 9.53 Å². The van der Waals surface area contributed by atoms with Gasteiger partial charge in [-0.2, -0.15) is 0 Å². The molecule has 0 unspecified atom stereocenters. The van der Waals surface area contributed by atoms with E-state index in [-0.39, 0.29) is 5.97 Å². The summed E-state index contributed by atoms with van der Waals surface area (Å²) in [6, 6.07) is 0.